The van der Waals surface area contributed by atoms with E-state index in [2.05, 4.69) is 5.32 Å². The summed E-state index contributed by atoms with van der Waals surface area (Å²) in [5.74, 6) is -2.22. The number of amides is 2. The van der Waals surface area contributed by atoms with Crippen LogP contribution in [-0.4, -0.2) is 30.4 Å². The average molecular weight is 533 g/mol. The highest BCUT2D eigenvalue weighted by molar-refractivity contribution is 6.53. The lowest BCUT2D eigenvalue weighted by Crippen LogP contribution is -2.33. The molecule has 38 heavy (non-hydrogen) atoms. The lowest BCUT2D eigenvalue weighted by atomic mass is 10.1. The molecule has 1 aliphatic rings. The number of carbonyl (C=O) groups excluding carboxylic acids is 4. The van der Waals surface area contributed by atoms with Gasteiger partial charge in [-0.05, 0) is 86.8 Å². The second-order valence-corrected chi connectivity index (χ2v) is 9.05. The number of hydrogen-bond donors (Lipinski definition) is 1. The van der Waals surface area contributed by atoms with Gasteiger partial charge < -0.3 is 14.8 Å². The lowest BCUT2D eigenvalue weighted by Gasteiger charge is -2.18. The Morgan fingerprint density at radius 3 is 2.29 bits per heavy atom. The van der Waals surface area contributed by atoms with Crippen LogP contribution in [-0.2, 0) is 14.3 Å². The van der Waals surface area contributed by atoms with Crippen LogP contribution in [0.2, 0.25) is 0 Å². The Balaban J connectivity index is 1.52. The fourth-order valence-electron chi connectivity index (χ4n) is 3.98. The number of aryl methyl sites for hydroxylation is 2. The maximum Gasteiger partial charge on any atom is 0.343 e. The van der Waals surface area contributed by atoms with E-state index in [1.54, 1.807) is 37.3 Å². The third-order valence-corrected chi connectivity index (χ3v) is 6.37. The van der Waals surface area contributed by atoms with Crippen LogP contribution in [0, 0.1) is 20.8 Å². The van der Waals surface area contributed by atoms with Crippen molar-refractivity contribution in [3.63, 3.8) is 0 Å². The van der Waals surface area contributed by atoms with E-state index in [4.69, 9.17) is 21.1 Å². The molecule has 3 aromatic rings. The SMILES string of the molecule is CCOC(=O)c1ccccc1N1C(=O)C(Cl)=C(Nc2ccc(C(=O)Oc3cc(C)cc(C)c3C)cc2)C1=O. The molecule has 0 saturated carbocycles. The number of para-hydroxylation sites is 1. The molecular formula is C29H25ClN2O6. The number of hydrogen-bond acceptors (Lipinski definition) is 7. The van der Waals surface area contributed by atoms with Crippen molar-refractivity contribution in [1.82, 2.24) is 0 Å². The van der Waals surface area contributed by atoms with E-state index in [1.807, 2.05) is 26.8 Å². The van der Waals surface area contributed by atoms with E-state index in [1.165, 1.54) is 24.3 Å². The topological polar surface area (TPSA) is 102 Å². The zero-order valence-corrected chi connectivity index (χ0v) is 22.0. The molecule has 9 heteroatoms. The summed E-state index contributed by atoms with van der Waals surface area (Å²) >= 11 is 6.24. The minimum Gasteiger partial charge on any atom is -0.462 e. The summed E-state index contributed by atoms with van der Waals surface area (Å²) in [5, 5.41) is 2.52. The summed E-state index contributed by atoms with van der Waals surface area (Å²) in [6, 6.07) is 16.1. The average Bonchev–Trinajstić information content (AvgIpc) is 3.10. The molecule has 8 nitrogen and oxygen atoms in total. The number of esters is 2. The maximum absolute atomic E-state index is 13.2. The molecule has 0 saturated heterocycles. The second-order valence-electron chi connectivity index (χ2n) is 8.67. The van der Waals surface area contributed by atoms with Gasteiger partial charge in [0.05, 0.1) is 23.4 Å². The van der Waals surface area contributed by atoms with Crippen molar-refractivity contribution in [2.24, 2.45) is 0 Å². The van der Waals surface area contributed by atoms with Crippen molar-refractivity contribution in [3.8, 4) is 5.75 Å². The first-order valence-corrected chi connectivity index (χ1v) is 12.2. The zero-order valence-electron chi connectivity index (χ0n) is 21.3. The van der Waals surface area contributed by atoms with E-state index < -0.39 is 23.8 Å². The predicted molar refractivity (Wildman–Crippen MR) is 143 cm³/mol. The van der Waals surface area contributed by atoms with Gasteiger partial charge in [0.2, 0.25) is 0 Å². The number of rotatable bonds is 7. The first-order chi connectivity index (χ1) is 18.1. The Kier molecular flexibility index (Phi) is 7.64. The minimum atomic E-state index is -0.778. The molecular weight excluding hydrogens is 508 g/mol. The van der Waals surface area contributed by atoms with Gasteiger partial charge in [-0.1, -0.05) is 29.8 Å². The highest BCUT2D eigenvalue weighted by Crippen LogP contribution is 2.32. The van der Waals surface area contributed by atoms with Crippen molar-refractivity contribution in [1.29, 1.82) is 0 Å². The Morgan fingerprint density at radius 1 is 0.921 bits per heavy atom. The quantitative estimate of drug-likeness (QED) is 0.245. The van der Waals surface area contributed by atoms with Crippen LogP contribution in [0.15, 0.2) is 71.4 Å². The van der Waals surface area contributed by atoms with Gasteiger partial charge in [0, 0.05) is 5.69 Å². The Labute approximate surface area is 224 Å². The van der Waals surface area contributed by atoms with E-state index in [9.17, 15) is 19.2 Å². The van der Waals surface area contributed by atoms with Crippen molar-refractivity contribution < 1.29 is 28.7 Å². The zero-order chi connectivity index (χ0) is 27.6. The first-order valence-electron chi connectivity index (χ1n) is 11.8. The highest BCUT2D eigenvalue weighted by atomic mass is 35.5. The summed E-state index contributed by atoms with van der Waals surface area (Å²) in [6.45, 7) is 7.55. The number of ether oxygens (including phenoxy) is 2. The Hall–Kier alpha value is -4.43. The van der Waals surface area contributed by atoms with Gasteiger partial charge in [0.15, 0.2) is 0 Å². The number of carbonyl (C=O) groups is 4. The molecule has 0 spiro atoms. The van der Waals surface area contributed by atoms with Crippen molar-refractivity contribution in [2.75, 3.05) is 16.8 Å². The third kappa shape index (κ3) is 5.17. The predicted octanol–water partition coefficient (Wildman–Crippen LogP) is 5.44. The minimum absolute atomic E-state index is 0.0590. The summed E-state index contributed by atoms with van der Waals surface area (Å²) in [7, 11) is 0. The summed E-state index contributed by atoms with van der Waals surface area (Å²) in [4.78, 5) is 52.0. The monoisotopic (exact) mass is 532 g/mol. The van der Waals surface area contributed by atoms with E-state index in [-0.39, 0.29) is 28.6 Å². The molecule has 0 bridgehead atoms. The maximum atomic E-state index is 13.2. The fraction of sp³-hybridized carbons (Fsp3) is 0.172. The molecule has 0 aromatic heterocycles. The Morgan fingerprint density at radius 2 is 1.61 bits per heavy atom. The molecule has 1 aliphatic heterocycles. The van der Waals surface area contributed by atoms with E-state index >= 15 is 0 Å². The van der Waals surface area contributed by atoms with Crippen LogP contribution in [0.5, 0.6) is 5.75 Å². The fourth-order valence-corrected chi connectivity index (χ4v) is 4.19. The van der Waals surface area contributed by atoms with Gasteiger partial charge in [-0.15, -0.1) is 0 Å². The second kappa shape index (κ2) is 10.9. The number of anilines is 2. The molecule has 1 heterocycles. The number of nitrogens with one attached hydrogen (secondary N) is 1. The van der Waals surface area contributed by atoms with Crippen molar-refractivity contribution >= 4 is 46.7 Å². The van der Waals surface area contributed by atoms with Crippen molar-refractivity contribution in [3.05, 3.63) is 99.2 Å². The molecule has 194 valence electrons. The van der Waals surface area contributed by atoms with Crippen LogP contribution < -0.4 is 15.0 Å². The lowest BCUT2D eigenvalue weighted by molar-refractivity contribution is -0.120. The molecule has 4 rings (SSSR count). The third-order valence-electron chi connectivity index (χ3n) is 6.02. The van der Waals surface area contributed by atoms with Gasteiger partial charge >= 0.3 is 11.9 Å². The van der Waals surface area contributed by atoms with Crippen LogP contribution in [0.4, 0.5) is 11.4 Å². The molecule has 0 radical (unpaired) electrons. The normalized spacial score (nSPS) is 13.1. The van der Waals surface area contributed by atoms with Crippen molar-refractivity contribution in [2.45, 2.75) is 27.7 Å². The molecule has 0 fully saturated rings. The van der Waals surface area contributed by atoms with E-state index in [0.717, 1.165) is 21.6 Å². The molecule has 0 unspecified atom stereocenters. The molecule has 0 aliphatic carbocycles. The largest absolute Gasteiger partial charge is 0.462 e. The first kappa shape index (κ1) is 26.6. The van der Waals surface area contributed by atoms with Gasteiger partial charge in [-0.3, -0.25) is 9.59 Å². The van der Waals surface area contributed by atoms with Crippen LogP contribution in [0.1, 0.15) is 44.3 Å². The van der Waals surface area contributed by atoms with Crippen LogP contribution in [0.25, 0.3) is 0 Å². The van der Waals surface area contributed by atoms with Crippen LogP contribution >= 0.6 is 11.6 Å². The standard InChI is InChI=1S/C29H25ClN2O6/c1-5-37-29(36)21-8-6-7-9-22(21)32-26(33)24(30)25(27(32)34)31-20-12-10-19(11-13-20)28(35)38-23-15-16(2)14-17(3)18(23)4/h6-15,31H,5H2,1-4H3. The molecule has 0 atom stereocenters. The number of benzene rings is 3. The van der Waals surface area contributed by atoms with Crippen LogP contribution in [0.3, 0.4) is 0 Å². The van der Waals surface area contributed by atoms with Gasteiger partial charge in [0.1, 0.15) is 16.5 Å². The number of imide groups is 1. The number of halogens is 1. The summed E-state index contributed by atoms with van der Waals surface area (Å²) in [5.41, 5.74) is 3.56. The number of nitrogens with zero attached hydrogens (tertiary/aromatic N) is 1. The molecule has 2 amide bonds. The molecule has 1 N–H and O–H groups in total. The van der Waals surface area contributed by atoms with Gasteiger partial charge in [0.25, 0.3) is 11.8 Å². The van der Waals surface area contributed by atoms with E-state index in [0.29, 0.717) is 17.0 Å². The highest BCUT2D eigenvalue weighted by Gasteiger charge is 2.40. The summed E-state index contributed by atoms with van der Waals surface area (Å²) < 4.78 is 10.6. The molecule has 3 aromatic carbocycles. The van der Waals surface area contributed by atoms with Gasteiger partial charge in [-0.25, -0.2) is 14.5 Å². The summed E-state index contributed by atoms with van der Waals surface area (Å²) in [6.07, 6.45) is 0. The van der Waals surface area contributed by atoms with Gasteiger partial charge in [-0.2, -0.15) is 0 Å². The Bertz CT molecular complexity index is 1490. The smallest absolute Gasteiger partial charge is 0.343 e.